The highest BCUT2D eigenvalue weighted by molar-refractivity contribution is 5.79. The number of benzene rings is 2. The van der Waals surface area contributed by atoms with Crippen LogP contribution in [0.15, 0.2) is 42.5 Å². The molecule has 0 aliphatic rings. The fraction of sp³-hybridized carbons (Fsp3) is 0.316. The van der Waals surface area contributed by atoms with E-state index in [2.05, 4.69) is 5.32 Å². The van der Waals surface area contributed by atoms with E-state index in [1.165, 1.54) is 5.56 Å². The van der Waals surface area contributed by atoms with Crippen LogP contribution in [0.4, 0.5) is 0 Å². The summed E-state index contributed by atoms with van der Waals surface area (Å²) in [6, 6.07) is 13.5. The average molecular weight is 313 g/mol. The summed E-state index contributed by atoms with van der Waals surface area (Å²) in [4.78, 5) is 12.2. The first-order chi connectivity index (χ1) is 11.0. The van der Waals surface area contributed by atoms with Crippen molar-refractivity contribution in [2.24, 2.45) is 0 Å². The first-order valence-corrected chi connectivity index (χ1v) is 7.60. The largest absolute Gasteiger partial charge is 0.493 e. The quantitative estimate of drug-likeness (QED) is 0.889. The smallest absolute Gasteiger partial charge is 0.224 e. The Morgan fingerprint density at radius 2 is 1.70 bits per heavy atom. The van der Waals surface area contributed by atoms with Gasteiger partial charge in [0, 0.05) is 0 Å². The summed E-state index contributed by atoms with van der Waals surface area (Å²) in [6.45, 7) is 3.98. The predicted molar refractivity (Wildman–Crippen MR) is 91.0 cm³/mol. The molecule has 1 atom stereocenters. The topological polar surface area (TPSA) is 47.6 Å². The summed E-state index contributed by atoms with van der Waals surface area (Å²) < 4.78 is 10.5. The number of ether oxygens (including phenoxy) is 2. The zero-order chi connectivity index (χ0) is 16.8. The number of amides is 1. The van der Waals surface area contributed by atoms with E-state index in [0.29, 0.717) is 17.9 Å². The molecule has 0 bridgehead atoms. The summed E-state index contributed by atoms with van der Waals surface area (Å²) in [5, 5.41) is 3.01. The third-order valence-electron chi connectivity index (χ3n) is 3.77. The van der Waals surface area contributed by atoms with E-state index in [4.69, 9.17) is 9.47 Å². The van der Waals surface area contributed by atoms with Crippen LogP contribution in [0.5, 0.6) is 11.5 Å². The van der Waals surface area contributed by atoms with Crippen LogP contribution >= 0.6 is 0 Å². The van der Waals surface area contributed by atoms with Gasteiger partial charge in [-0.2, -0.15) is 0 Å². The van der Waals surface area contributed by atoms with E-state index in [1.54, 1.807) is 14.2 Å². The molecular formula is C19H23NO3. The van der Waals surface area contributed by atoms with Gasteiger partial charge in [-0.3, -0.25) is 4.79 Å². The standard InChI is InChI=1S/C19H23NO3/c1-13-5-7-15(8-6-13)11-19(21)20-14(2)16-9-10-17(22-3)18(12-16)23-4/h5-10,12,14H,11H2,1-4H3,(H,20,21)/t14-/m0/s1. The summed E-state index contributed by atoms with van der Waals surface area (Å²) >= 11 is 0. The molecule has 0 spiro atoms. The lowest BCUT2D eigenvalue weighted by molar-refractivity contribution is -0.121. The number of carbonyl (C=O) groups excluding carboxylic acids is 1. The number of methoxy groups -OCH3 is 2. The third kappa shape index (κ3) is 4.49. The van der Waals surface area contributed by atoms with Crippen LogP contribution in [0.1, 0.15) is 29.7 Å². The molecule has 0 aliphatic heterocycles. The fourth-order valence-corrected chi connectivity index (χ4v) is 2.39. The van der Waals surface area contributed by atoms with Gasteiger partial charge in [-0.15, -0.1) is 0 Å². The van der Waals surface area contributed by atoms with Crippen LogP contribution in [0.2, 0.25) is 0 Å². The van der Waals surface area contributed by atoms with Crippen LogP contribution in [0.25, 0.3) is 0 Å². The molecule has 0 fully saturated rings. The molecule has 0 saturated heterocycles. The molecule has 0 saturated carbocycles. The second kappa shape index (κ2) is 7.68. The minimum Gasteiger partial charge on any atom is -0.493 e. The summed E-state index contributed by atoms with van der Waals surface area (Å²) in [5.41, 5.74) is 3.17. The summed E-state index contributed by atoms with van der Waals surface area (Å²) in [6.07, 6.45) is 0.373. The number of nitrogens with one attached hydrogen (secondary N) is 1. The van der Waals surface area contributed by atoms with Crippen LogP contribution in [-0.2, 0) is 11.2 Å². The lowest BCUT2D eigenvalue weighted by Gasteiger charge is -2.16. The van der Waals surface area contributed by atoms with Gasteiger partial charge in [0.2, 0.25) is 5.91 Å². The first-order valence-electron chi connectivity index (χ1n) is 7.60. The van der Waals surface area contributed by atoms with Crippen molar-refractivity contribution in [1.29, 1.82) is 0 Å². The van der Waals surface area contributed by atoms with Gasteiger partial charge in [-0.1, -0.05) is 35.9 Å². The maximum atomic E-state index is 12.2. The third-order valence-corrected chi connectivity index (χ3v) is 3.77. The molecule has 0 aliphatic carbocycles. The number of carbonyl (C=O) groups is 1. The molecule has 4 nitrogen and oxygen atoms in total. The number of hydrogen-bond donors (Lipinski definition) is 1. The lowest BCUT2D eigenvalue weighted by Crippen LogP contribution is -2.28. The summed E-state index contributed by atoms with van der Waals surface area (Å²) in [7, 11) is 3.20. The van der Waals surface area contributed by atoms with E-state index in [-0.39, 0.29) is 11.9 Å². The van der Waals surface area contributed by atoms with E-state index < -0.39 is 0 Å². The Morgan fingerprint density at radius 3 is 2.30 bits per heavy atom. The van der Waals surface area contributed by atoms with Crippen molar-refractivity contribution in [3.8, 4) is 11.5 Å². The second-order valence-electron chi connectivity index (χ2n) is 5.57. The van der Waals surface area contributed by atoms with Crippen LogP contribution in [0, 0.1) is 6.92 Å². The molecular weight excluding hydrogens is 290 g/mol. The maximum Gasteiger partial charge on any atom is 0.224 e. The van der Waals surface area contributed by atoms with Gasteiger partial charge >= 0.3 is 0 Å². The number of hydrogen-bond acceptors (Lipinski definition) is 3. The van der Waals surface area contributed by atoms with Gasteiger partial charge in [0.25, 0.3) is 0 Å². The molecule has 1 amide bonds. The Labute approximate surface area is 137 Å². The molecule has 2 rings (SSSR count). The van der Waals surface area contributed by atoms with E-state index in [0.717, 1.165) is 11.1 Å². The van der Waals surface area contributed by atoms with Gasteiger partial charge in [-0.25, -0.2) is 0 Å². The highest BCUT2D eigenvalue weighted by Crippen LogP contribution is 2.29. The Morgan fingerprint density at radius 1 is 1.04 bits per heavy atom. The monoisotopic (exact) mass is 313 g/mol. The van der Waals surface area contributed by atoms with Gasteiger partial charge < -0.3 is 14.8 Å². The molecule has 0 unspecified atom stereocenters. The van der Waals surface area contributed by atoms with Crippen LogP contribution in [-0.4, -0.2) is 20.1 Å². The minimum atomic E-state index is -0.104. The molecule has 0 heterocycles. The second-order valence-corrected chi connectivity index (χ2v) is 5.57. The zero-order valence-corrected chi connectivity index (χ0v) is 14.1. The lowest BCUT2D eigenvalue weighted by atomic mass is 10.1. The molecule has 4 heteroatoms. The van der Waals surface area contributed by atoms with Crippen molar-refractivity contribution in [1.82, 2.24) is 5.32 Å². The molecule has 2 aromatic rings. The van der Waals surface area contributed by atoms with Gasteiger partial charge in [0.15, 0.2) is 11.5 Å². The highest BCUT2D eigenvalue weighted by atomic mass is 16.5. The van der Waals surface area contributed by atoms with Crippen molar-refractivity contribution in [3.63, 3.8) is 0 Å². The van der Waals surface area contributed by atoms with E-state index >= 15 is 0 Å². The van der Waals surface area contributed by atoms with Crippen molar-refractivity contribution in [2.75, 3.05) is 14.2 Å². The number of aryl methyl sites for hydroxylation is 1. The summed E-state index contributed by atoms with van der Waals surface area (Å²) in [5.74, 6) is 1.33. The Bertz CT molecular complexity index is 665. The molecule has 23 heavy (non-hydrogen) atoms. The Hall–Kier alpha value is -2.49. The van der Waals surface area contributed by atoms with Gasteiger partial charge in [-0.05, 0) is 37.1 Å². The molecule has 1 N–H and O–H groups in total. The van der Waals surface area contributed by atoms with E-state index in [1.807, 2.05) is 56.3 Å². The zero-order valence-electron chi connectivity index (χ0n) is 14.1. The van der Waals surface area contributed by atoms with Crippen LogP contribution < -0.4 is 14.8 Å². The molecule has 0 aromatic heterocycles. The molecule has 122 valence electrons. The highest BCUT2D eigenvalue weighted by Gasteiger charge is 2.13. The number of rotatable bonds is 6. The predicted octanol–water partition coefficient (Wildman–Crippen LogP) is 3.43. The average Bonchev–Trinajstić information content (AvgIpc) is 2.56. The van der Waals surface area contributed by atoms with Crippen molar-refractivity contribution >= 4 is 5.91 Å². The molecule has 0 radical (unpaired) electrons. The Kier molecular flexibility index (Phi) is 5.63. The van der Waals surface area contributed by atoms with Gasteiger partial charge in [0.05, 0.1) is 26.7 Å². The van der Waals surface area contributed by atoms with Gasteiger partial charge in [0.1, 0.15) is 0 Å². The fourth-order valence-electron chi connectivity index (χ4n) is 2.39. The first kappa shape index (κ1) is 16.9. The Balaban J connectivity index is 2.01. The maximum absolute atomic E-state index is 12.2. The minimum absolute atomic E-state index is 0.00358. The van der Waals surface area contributed by atoms with Crippen molar-refractivity contribution in [2.45, 2.75) is 26.3 Å². The van der Waals surface area contributed by atoms with Crippen molar-refractivity contribution in [3.05, 3.63) is 59.2 Å². The van der Waals surface area contributed by atoms with E-state index in [9.17, 15) is 4.79 Å². The molecule has 2 aromatic carbocycles. The normalized spacial score (nSPS) is 11.7. The SMILES string of the molecule is COc1ccc([C@H](C)NC(=O)Cc2ccc(C)cc2)cc1OC. The van der Waals surface area contributed by atoms with Crippen LogP contribution in [0.3, 0.4) is 0 Å². The van der Waals surface area contributed by atoms with Crippen molar-refractivity contribution < 1.29 is 14.3 Å².